The Kier molecular flexibility index (Phi) is 23.6. The minimum Gasteiger partial charge on any atom is -0.478 e. The number of nitrogens with zero attached hydrogens (tertiary/aromatic N) is 12. The molecule has 0 aromatic carbocycles. The van der Waals surface area contributed by atoms with Crippen molar-refractivity contribution >= 4 is 18.4 Å². The van der Waals surface area contributed by atoms with E-state index < -0.39 is 18.7 Å². The van der Waals surface area contributed by atoms with Crippen molar-refractivity contribution in [2.24, 2.45) is 0 Å². The molecule has 22 heteroatoms. The second kappa shape index (κ2) is 30.5. The molecular weight excluding hydrogens is 1100 g/mol. The fourth-order valence-electron chi connectivity index (χ4n) is 5.57. The summed E-state index contributed by atoms with van der Waals surface area (Å²) in [6, 6.07) is 35.0. The quantitative estimate of drug-likeness (QED) is 0.0675. The fraction of sp³-hybridized carbons (Fsp3) is 0.0200. The van der Waals surface area contributed by atoms with Crippen LogP contribution in [0, 0.1) is 0 Å². The topological polar surface area (TPSA) is 287 Å². The van der Waals surface area contributed by atoms with Crippen LogP contribution in [0.1, 0.15) is 20.7 Å². The summed E-state index contributed by atoms with van der Waals surface area (Å²) in [6.45, 7) is -0.133. The number of ether oxygens (including phenoxy) is 2. The van der Waals surface area contributed by atoms with Gasteiger partial charge in [-0.3, -0.25) is 44.7 Å². The molecule has 0 aliphatic carbocycles. The van der Waals surface area contributed by atoms with E-state index in [1.807, 2.05) is 72.8 Å². The number of aliphatic hydroxyl groups is 1. The average Bonchev–Trinajstić information content (AvgIpc) is 4.18. The van der Waals surface area contributed by atoms with Crippen LogP contribution in [0.15, 0.2) is 196 Å². The van der Waals surface area contributed by atoms with E-state index in [1.54, 1.807) is 61.7 Å². The van der Waals surface area contributed by atoms with Crippen molar-refractivity contribution in [1.29, 1.82) is 0 Å². The SMILES string of the molecule is O=C(O)c1ccnc(-c2cc(OCO)ccn2)c1.O=COc1ccnc(-c2cc(C(=O)O)ccn2)c1.[Ru+].[Ru+].c1c[n-]c(-c2ncc[n-]2)n1.c1ccc(-c2ccccn2)nc1.c1ccc(-c2ccccn2)nc1. The first kappa shape index (κ1) is 55.6. The van der Waals surface area contributed by atoms with Gasteiger partial charge in [-0.1, -0.05) is 60.7 Å². The molecule has 0 unspecified atom stereocenters. The molecule has 0 spiro atoms. The second-order valence-corrected chi connectivity index (χ2v) is 13.3. The fourth-order valence-corrected chi connectivity index (χ4v) is 5.57. The van der Waals surface area contributed by atoms with Gasteiger partial charge in [-0.05, 0) is 84.9 Å². The molecule has 0 fully saturated rings. The predicted octanol–water partition coefficient (Wildman–Crippen LogP) is 6.89. The summed E-state index contributed by atoms with van der Waals surface area (Å²) in [5, 5.41) is 26.4. The molecule has 0 atom stereocenters. The van der Waals surface area contributed by atoms with Gasteiger partial charge in [0.25, 0.3) is 6.47 Å². The van der Waals surface area contributed by atoms with E-state index in [1.165, 1.54) is 61.2 Å². The molecule has 3 N–H and O–H groups in total. The van der Waals surface area contributed by atoms with Crippen LogP contribution in [-0.4, -0.2) is 90.4 Å². The van der Waals surface area contributed by atoms with E-state index in [-0.39, 0.29) is 50.1 Å². The number of carboxylic acids is 2. The van der Waals surface area contributed by atoms with Crippen LogP contribution < -0.4 is 19.4 Å². The second-order valence-electron chi connectivity index (χ2n) is 13.3. The zero-order valence-electron chi connectivity index (χ0n) is 37.2. The van der Waals surface area contributed by atoms with Gasteiger partial charge in [0, 0.05) is 61.7 Å². The molecule has 20 nitrogen and oxygen atoms in total. The van der Waals surface area contributed by atoms with Crippen LogP contribution in [-0.2, 0) is 43.8 Å². The van der Waals surface area contributed by atoms with Gasteiger partial charge in [0.1, 0.15) is 11.5 Å². The molecule has 2 radical (unpaired) electrons. The number of aliphatic hydroxyl groups excluding tert-OH is 1. The van der Waals surface area contributed by atoms with Crippen molar-refractivity contribution in [3.63, 3.8) is 0 Å². The average molecular weight is 1140 g/mol. The van der Waals surface area contributed by atoms with Crippen molar-refractivity contribution in [3.05, 3.63) is 207 Å². The van der Waals surface area contributed by atoms with Crippen molar-refractivity contribution in [2.75, 3.05) is 6.79 Å². The normalized spacial score (nSPS) is 9.57. The zero-order chi connectivity index (χ0) is 49.2. The number of carboxylic acid groups (broad SMARTS) is 2. The van der Waals surface area contributed by atoms with Gasteiger partial charge < -0.3 is 44.7 Å². The number of hydrogen-bond acceptors (Lipinski definition) is 16. The number of pyridine rings is 8. The number of hydrogen-bond donors (Lipinski definition) is 3. The molecule has 10 heterocycles. The molecule has 0 amide bonds. The van der Waals surface area contributed by atoms with E-state index >= 15 is 0 Å². The van der Waals surface area contributed by atoms with Crippen molar-refractivity contribution < 1.29 is 78.1 Å². The first-order valence-electron chi connectivity index (χ1n) is 20.5. The first-order chi connectivity index (χ1) is 34.3. The maximum atomic E-state index is 10.8. The van der Waals surface area contributed by atoms with E-state index in [9.17, 15) is 14.4 Å². The Morgan fingerprint density at radius 3 is 1.10 bits per heavy atom. The molecule has 0 aliphatic heterocycles. The van der Waals surface area contributed by atoms with Gasteiger partial charge in [0.05, 0.1) is 56.7 Å². The van der Waals surface area contributed by atoms with Crippen molar-refractivity contribution in [1.82, 2.24) is 59.8 Å². The zero-order valence-corrected chi connectivity index (χ0v) is 40.7. The number of carbonyl (C=O) groups excluding carboxylic acids is 1. The van der Waals surface area contributed by atoms with Gasteiger partial charge >= 0.3 is 50.9 Å². The molecule has 10 aromatic rings. The number of carbonyl (C=O) groups is 3. The van der Waals surface area contributed by atoms with Crippen LogP contribution in [0.5, 0.6) is 11.5 Å². The van der Waals surface area contributed by atoms with E-state index in [0.29, 0.717) is 52.4 Å². The first-order valence-corrected chi connectivity index (χ1v) is 20.5. The summed E-state index contributed by atoms with van der Waals surface area (Å²) < 4.78 is 9.60. The predicted molar refractivity (Wildman–Crippen MR) is 252 cm³/mol. The molecule has 0 aliphatic rings. The molecule has 0 saturated carbocycles. The monoisotopic (exact) mass is 1140 g/mol. The van der Waals surface area contributed by atoms with Crippen LogP contribution in [0.4, 0.5) is 0 Å². The third-order valence-electron chi connectivity index (χ3n) is 8.72. The summed E-state index contributed by atoms with van der Waals surface area (Å²) in [7, 11) is 0. The standard InChI is InChI=1S/C12H10N2O4.C12H8N2O4.2C10H8N2.C6H4N4.2Ru/c2*15-7-18-9-2-4-14-11(6-9)10-5-8(12(16)17)1-3-13-10;2*1-3-7-11-9(5-1)10-6-2-4-8-12-10;1-2-8-5(7-1)6-9-3-4-10-6;;/h1-6,15H,7H2,(H,16,17);1-7H,(H,16,17);2*1-8H;1-4H;;/q;;;;-2;2*+1. The molecule has 362 valence electrons. The smallest absolute Gasteiger partial charge is 0.478 e. The minimum atomic E-state index is -1.04. The summed E-state index contributed by atoms with van der Waals surface area (Å²) in [4.78, 5) is 80.5. The number of imidazole rings is 2. The van der Waals surface area contributed by atoms with Crippen molar-refractivity contribution in [3.8, 4) is 68.7 Å². The van der Waals surface area contributed by atoms with Gasteiger partial charge in [0.15, 0.2) is 6.79 Å². The molecule has 0 saturated heterocycles. The number of rotatable bonds is 11. The van der Waals surface area contributed by atoms with Crippen LogP contribution >= 0.6 is 0 Å². The molecule has 72 heavy (non-hydrogen) atoms. The van der Waals surface area contributed by atoms with E-state index in [2.05, 4.69) is 64.5 Å². The Hall–Kier alpha value is -8.96. The Labute approximate surface area is 436 Å². The molecular formula is C50H38N12O8Ru2. The minimum absolute atomic E-state index is 0. The third-order valence-corrected chi connectivity index (χ3v) is 8.72. The largest absolute Gasteiger partial charge is 1.00 e. The maximum absolute atomic E-state index is 10.8. The summed E-state index contributed by atoms with van der Waals surface area (Å²) in [5.41, 5.74) is 5.64. The number of aromatic carboxylic acids is 2. The van der Waals surface area contributed by atoms with Crippen LogP contribution in [0.3, 0.4) is 0 Å². The maximum Gasteiger partial charge on any atom is 1.00 e. The van der Waals surface area contributed by atoms with Crippen LogP contribution in [0.25, 0.3) is 57.2 Å². The van der Waals surface area contributed by atoms with Gasteiger partial charge in [-0.15, -0.1) is 0 Å². The Morgan fingerprint density at radius 1 is 0.431 bits per heavy atom. The summed E-state index contributed by atoms with van der Waals surface area (Å²) in [6.07, 6.45) is 19.3. The Bertz CT molecular complexity index is 2950. The van der Waals surface area contributed by atoms with Gasteiger partial charge in [0.2, 0.25) is 0 Å². The van der Waals surface area contributed by atoms with E-state index in [4.69, 9.17) is 20.1 Å². The molecule has 0 bridgehead atoms. The van der Waals surface area contributed by atoms with Crippen molar-refractivity contribution in [2.45, 2.75) is 0 Å². The molecule has 10 rings (SSSR count). The molecule has 10 aromatic heterocycles. The summed E-state index contributed by atoms with van der Waals surface area (Å²) in [5.74, 6) is -0.141. The Balaban J connectivity index is 0.000000197. The third kappa shape index (κ3) is 17.8. The summed E-state index contributed by atoms with van der Waals surface area (Å²) >= 11 is 0. The van der Waals surface area contributed by atoms with Gasteiger partial charge in [-0.2, -0.15) is 0 Å². The van der Waals surface area contributed by atoms with E-state index in [0.717, 1.165) is 22.8 Å². The Morgan fingerprint density at radius 2 is 0.778 bits per heavy atom. The van der Waals surface area contributed by atoms with Crippen LogP contribution in [0.2, 0.25) is 0 Å². The number of aromatic nitrogens is 12. The van der Waals surface area contributed by atoms with Gasteiger partial charge in [-0.25, -0.2) is 9.59 Å².